The number of benzene rings is 2. The number of hydrogen-bond acceptors (Lipinski definition) is 3. The lowest BCUT2D eigenvalue weighted by Gasteiger charge is -2.30. The number of ether oxygens (including phenoxy) is 1. The van der Waals surface area contributed by atoms with Gasteiger partial charge in [0.25, 0.3) is 0 Å². The minimum absolute atomic E-state index is 0.591. The maximum Gasteiger partial charge on any atom is 0.183 e. The number of amidine groups is 1. The molecule has 0 saturated carbocycles. The van der Waals surface area contributed by atoms with Gasteiger partial charge in [0, 0.05) is 17.0 Å². The molecule has 0 bridgehead atoms. The quantitative estimate of drug-likeness (QED) is 0.912. The van der Waals surface area contributed by atoms with E-state index in [2.05, 4.69) is 17.1 Å². The molecule has 3 nitrogen and oxygen atoms in total. The molecule has 21 heavy (non-hydrogen) atoms. The normalized spacial score (nSPS) is 21.9. The highest BCUT2D eigenvalue weighted by molar-refractivity contribution is 6.30. The van der Waals surface area contributed by atoms with Crippen LogP contribution in [0.25, 0.3) is 11.1 Å². The van der Waals surface area contributed by atoms with E-state index < -0.39 is 5.72 Å². The summed E-state index contributed by atoms with van der Waals surface area (Å²) in [4.78, 5) is 4.48. The summed E-state index contributed by atoms with van der Waals surface area (Å²) in [6, 6.07) is 15.9. The first-order valence-corrected chi connectivity index (χ1v) is 7.29. The van der Waals surface area contributed by atoms with Crippen LogP contribution in [0.3, 0.4) is 0 Å². The molecule has 0 fully saturated rings. The van der Waals surface area contributed by atoms with Crippen molar-refractivity contribution in [1.82, 2.24) is 0 Å². The van der Waals surface area contributed by atoms with Crippen LogP contribution in [0.15, 0.2) is 53.5 Å². The first kappa shape index (κ1) is 14.1. The van der Waals surface area contributed by atoms with Crippen LogP contribution in [0.4, 0.5) is 0 Å². The average Bonchev–Trinajstić information content (AvgIpc) is 2.47. The fourth-order valence-corrected chi connectivity index (χ4v) is 2.71. The van der Waals surface area contributed by atoms with Gasteiger partial charge in [0.1, 0.15) is 0 Å². The molecule has 0 saturated heterocycles. The Hall–Kier alpha value is -1.84. The second kappa shape index (κ2) is 5.51. The molecule has 4 heteroatoms. The van der Waals surface area contributed by atoms with Crippen molar-refractivity contribution >= 4 is 17.4 Å². The van der Waals surface area contributed by atoms with E-state index in [4.69, 9.17) is 22.1 Å². The fraction of sp³-hybridized carbons (Fsp3) is 0.235. The molecule has 108 valence electrons. The van der Waals surface area contributed by atoms with E-state index in [1.807, 2.05) is 43.3 Å². The molecule has 1 atom stereocenters. The zero-order chi connectivity index (χ0) is 14.9. The highest BCUT2D eigenvalue weighted by Gasteiger charge is 2.30. The Morgan fingerprint density at radius 2 is 1.86 bits per heavy atom. The van der Waals surface area contributed by atoms with Crippen molar-refractivity contribution in [1.29, 1.82) is 0 Å². The summed E-state index contributed by atoms with van der Waals surface area (Å²) in [6.45, 7) is 2.53. The van der Waals surface area contributed by atoms with E-state index in [9.17, 15) is 0 Å². The molecule has 2 aromatic carbocycles. The molecule has 0 amide bonds. The lowest BCUT2D eigenvalue weighted by atomic mass is 9.98. The van der Waals surface area contributed by atoms with Gasteiger partial charge < -0.3 is 10.5 Å². The van der Waals surface area contributed by atoms with Gasteiger partial charge in [-0.05, 0) is 36.2 Å². The van der Waals surface area contributed by atoms with Crippen LogP contribution in [0.2, 0.25) is 5.02 Å². The van der Waals surface area contributed by atoms with E-state index >= 15 is 0 Å². The zero-order valence-corrected chi connectivity index (χ0v) is 12.6. The Morgan fingerprint density at radius 1 is 1.14 bits per heavy atom. The van der Waals surface area contributed by atoms with Crippen molar-refractivity contribution in [2.45, 2.75) is 19.1 Å². The molecule has 2 N–H and O–H groups in total. The maximum absolute atomic E-state index is 6.07. The minimum Gasteiger partial charge on any atom is -0.387 e. The second-order valence-corrected chi connectivity index (χ2v) is 5.71. The van der Waals surface area contributed by atoms with Crippen molar-refractivity contribution in [3.8, 4) is 11.1 Å². The summed E-state index contributed by atoms with van der Waals surface area (Å²) in [5.74, 6) is 0.636. The third kappa shape index (κ3) is 2.94. The Kier molecular flexibility index (Phi) is 3.70. The predicted molar refractivity (Wildman–Crippen MR) is 86.4 cm³/mol. The van der Waals surface area contributed by atoms with Crippen LogP contribution in [0.5, 0.6) is 0 Å². The van der Waals surface area contributed by atoms with Crippen molar-refractivity contribution in [3.63, 3.8) is 0 Å². The summed E-state index contributed by atoms with van der Waals surface area (Å²) in [6.07, 6.45) is 0.684. The lowest BCUT2D eigenvalue weighted by Crippen LogP contribution is -2.34. The molecule has 3 rings (SSSR count). The van der Waals surface area contributed by atoms with Gasteiger partial charge in [0.2, 0.25) is 0 Å². The Morgan fingerprint density at radius 3 is 2.57 bits per heavy atom. The summed E-state index contributed by atoms with van der Waals surface area (Å²) in [5, 5.41) is 0.722. The van der Waals surface area contributed by atoms with Crippen LogP contribution < -0.4 is 5.73 Å². The smallest absolute Gasteiger partial charge is 0.183 e. The molecule has 0 radical (unpaired) electrons. The topological polar surface area (TPSA) is 47.6 Å². The van der Waals surface area contributed by atoms with Crippen LogP contribution in [0, 0.1) is 0 Å². The van der Waals surface area contributed by atoms with Crippen molar-refractivity contribution in [2.24, 2.45) is 10.7 Å². The van der Waals surface area contributed by atoms with Crippen molar-refractivity contribution in [3.05, 3.63) is 59.1 Å². The first-order chi connectivity index (χ1) is 10.1. The maximum atomic E-state index is 6.07. The van der Waals surface area contributed by atoms with Gasteiger partial charge in [0.05, 0.1) is 12.4 Å². The number of aliphatic imine (C=N–C) groups is 1. The van der Waals surface area contributed by atoms with Crippen molar-refractivity contribution < 1.29 is 4.74 Å². The number of nitrogens with zero attached hydrogens (tertiary/aromatic N) is 1. The average molecular weight is 301 g/mol. The molecular weight excluding hydrogens is 284 g/mol. The molecule has 0 unspecified atom stereocenters. The molecule has 0 aromatic heterocycles. The first-order valence-electron chi connectivity index (χ1n) is 6.91. The Labute approximate surface area is 129 Å². The highest BCUT2D eigenvalue weighted by Crippen LogP contribution is 2.33. The molecular formula is C17H17ClN2O. The van der Waals surface area contributed by atoms with Gasteiger partial charge in [-0.2, -0.15) is 0 Å². The van der Waals surface area contributed by atoms with Gasteiger partial charge in [-0.1, -0.05) is 41.9 Å². The highest BCUT2D eigenvalue weighted by atomic mass is 35.5. The standard InChI is InChI=1S/C17H17ClN2O/c1-17(20-16(19)8-9-21-17)14-6-2-4-12(10-14)13-5-3-7-15(18)11-13/h2-7,10-11H,8-9H2,1H3,(H2,19,20)/t17-/m0/s1. The van der Waals surface area contributed by atoms with Crippen molar-refractivity contribution in [2.75, 3.05) is 6.61 Å². The van der Waals surface area contributed by atoms with Crippen LogP contribution >= 0.6 is 11.6 Å². The summed E-state index contributed by atoms with van der Waals surface area (Å²) < 4.78 is 5.84. The Bertz CT molecular complexity index is 699. The Balaban J connectivity index is 2.03. The van der Waals surface area contributed by atoms with E-state index in [0.29, 0.717) is 18.9 Å². The molecule has 1 heterocycles. The molecule has 2 aromatic rings. The summed E-state index contributed by atoms with van der Waals surface area (Å²) in [5.41, 5.74) is 8.30. The van der Waals surface area contributed by atoms with E-state index in [1.54, 1.807) is 0 Å². The largest absolute Gasteiger partial charge is 0.387 e. The van der Waals surface area contributed by atoms with Gasteiger partial charge >= 0.3 is 0 Å². The molecule has 0 spiro atoms. The minimum atomic E-state index is -0.711. The summed E-state index contributed by atoms with van der Waals surface area (Å²) in [7, 11) is 0. The summed E-state index contributed by atoms with van der Waals surface area (Å²) >= 11 is 6.07. The van der Waals surface area contributed by atoms with Gasteiger partial charge in [-0.25, -0.2) is 4.99 Å². The number of nitrogens with two attached hydrogens (primary N) is 1. The second-order valence-electron chi connectivity index (χ2n) is 5.28. The number of rotatable bonds is 2. The SMILES string of the molecule is C[C@]1(c2cccc(-c3cccc(Cl)c3)c2)N=C(N)CCO1. The van der Waals surface area contributed by atoms with Gasteiger partial charge in [0.15, 0.2) is 5.72 Å². The predicted octanol–water partition coefficient (Wildman–Crippen LogP) is 3.96. The third-order valence-electron chi connectivity index (χ3n) is 3.65. The van der Waals surface area contributed by atoms with Crippen LogP contribution in [-0.2, 0) is 10.5 Å². The van der Waals surface area contributed by atoms with E-state index in [-0.39, 0.29) is 0 Å². The van der Waals surface area contributed by atoms with E-state index in [0.717, 1.165) is 21.7 Å². The molecule has 0 aliphatic carbocycles. The van der Waals surface area contributed by atoms with Gasteiger partial charge in [-0.15, -0.1) is 0 Å². The monoisotopic (exact) mass is 300 g/mol. The van der Waals surface area contributed by atoms with E-state index in [1.165, 1.54) is 0 Å². The fourth-order valence-electron chi connectivity index (χ4n) is 2.52. The number of hydrogen-bond donors (Lipinski definition) is 1. The van der Waals surface area contributed by atoms with Crippen LogP contribution in [0.1, 0.15) is 18.9 Å². The van der Waals surface area contributed by atoms with Gasteiger partial charge in [-0.3, -0.25) is 0 Å². The molecule has 1 aliphatic heterocycles. The zero-order valence-electron chi connectivity index (χ0n) is 11.8. The molecule has 1 aliphatic rings. The van der Waals surface area contributed by atoms with Crippen LogP contribution in [-0.4, -0.2) is 12.4 Å². The number of halogens is 1. The lowest BCUT2D eigenvalue weighted by molar-refractivity contribution is -0.0345. The third-order valence-corrected chi connectivity index (χ3v) is 3.89.